The number of ether oxygens (including phenoxy) is 1. The number of rotatable bonds is 5. The van der Waals surface area contributed by atoms with Crippen molar-refractivity contribution in [2.75, 3.05) is 11.5 Å². The minimum absolute atomic E-state index is 0.0688. The zero-order valence-electron chi connectivity index (χ0n) is 14.7. The maximum Gasteiger partial charge on any atom is 0.278 e. The van der Waals surface area contributed by atoms with Crippen LogP contribution in [-0.4, -0.2) is 27.8 Å². The molecule has 0 spiro atoms. The number of fused-ring (bicyclic) bond motifs is 1. The molecule has 1 atom stereocenters. The number of hydrogen-bond acceptors (Lipinski definition) is 3. The average Bonchev–Trinajstić information content (AvgIpc) is 3.05. The molecule has 1 aliphatic heterocycles. The van der Waals surface area contributed by atoms with Gasteiger partial charge >= 0.3 is 0 Å². The van der Waals surface area contributed by atoms with Gasteiger partial charge in [0.2, 0.25) is 5.91 Å². The lowest BCUT2D eigenvalue weighted by molar-refractivity contribution is -0.124. The smallest absolute Gasteiger partial charge is 0.278 e. The summed E-state index contributed by atoms with van der Waals surface area (Å²) >= 11 is 0. The highest BCUT2D eigenvalue weighted by atomic mass is 19.3. The summed E-state index contributed by atoms with van der Waals surface area (Å²) in [5, 5.41) is 0. The van der Waals surface area contributed by atoms with Gasteiger partial charge in [0.05, 0.1) is 12.5 Å². The van der Waals surface area contributed by atoms with E-state index in [0.29, 0.717) is 18.3 Å². The van der Waals surface area contributed by atoms with Gasteiger partial charge in [-0.2, -0.15) is 0 Å². The minimum atomic E-state index is -3.13. The SMILES string of the molecule is CC(F)(F)COc1cc(F)c([C@@H]2CC(=O)N2c2ccn3ccnc3c2)c(F)c1. The summed E-state index contributed by atoms with van der Waals surface area (Å²) in [4.78, 5) is 17.6. The Balaban J connectivity index is 1.63. The molecular formula is C19H15F4N3O2. The molecule has 0 N–H and O–H groups in total. The highest BCUT2D eigenvalue weighted by Crippen LogP contribution is 2.42. The normalized spacial score (nSPS) is 17.1. The van der Waals surface area contributed by atoms with Gasteiger partial charge in [-0.15, -0.1) is 0 Å². The van der Waals surface area contributed by atoms with Crippen LogP contribution in [0.3, 0.4) is 0 Å². The van der Waals surface area contributed by atoms with Crippen molar-refractivity contribution >= 4 is 17.2 Å². The average molecular weight is 393 g/mol. The molecule has 1 aliphatic rings. The molecule has 0 radical (unpaired) electrons. The number of β-lactam (4-membered cyclic amide) rings is 1. The Hall–Kier alpha value is -3.10. The molecule has 0 bridgehead atoms. The van der Waals surface area contributed by atoms with E-state index < -0.39 is 30.2 Å². The second-order valence-electron chi connectivity index (χ2n) is 6.72. The third-order valence-corrected chi connectivity index (χ3v) is 4.49. The fourth-order valence-electron chi connectivity index (χ4n) is 3.19. The molecule has 1 amide bonds. The molecule has 1 saturated heterocycles. The van der Waals surface area contributed by atoms with Crippen molar-refractivity contribution in [3.05, 3.63) is 60.1 Å². The van der Waals surface area contributed by atoms with Gasteiger partial charge in [-0.05, 0) is 6.07 Å². The van der Waals surface area contributed by atoms with Crippen LogP contribution in [0.15, 0.2) is 42.9 Å². The lowest BCUT2D eigenvalue weighted by atomic mass is 9.92. The number of nitrogens with zero attached hydrogens (tertiary/aromatic N) is 3. The first-order valence-electron chi connectivity index (χ1n) is 8.47. The van der Waals surface area contributed by atoms with Crippen molar-refractivity contribution in [2.45, 2.75) is 25.3 Å². The summed E-state index contributed by atoms with van der Waals surface area (Å²) < 4.78 is 61.4. The van der Waals surface area contributed by atoms with E-state index in [0.717, 1.165) is 12.1 Å². The van der Waals surface area contributed by atoms with Crippen molar-refractivity contribution in [2.24, 2.45) is 0 Å². The maximum atomic E-state index is 14.6. The van der Waals surface area contributed by atoms with Crippen LogP contribution in [0.25, 0.3) is 5.65 Å². The van der Waals surface area contributed by atoms with E-state index in [1.165, 1.54) is 4.90 Å². The molecule has 0 aliphatic carbocycles. The molecule has 5 nitrogen and oxygen atoms in total. The van der Waals surface area contributed by atoms with E-state index in [1.807, 2.05) is 0 Å². The van der Waals surface area contributed by atoms with E-state index in [9.17, 15) is 22.4 Å². The number of alkyl halides is 2. The van der Waals surface area contributed by atoms with E-state index in [4.69, 9.17) is 4.74 Å². The number of aromatic nitrogens is 2. The molecule has 0 unspecified atom stereocenters. The van der Waals surface area contributed by atoms with Gasteiger partial charge in [-0.1, -0.05) is 0 Å². The van der Waals surface area contributed by atoms with E-state index in [2.05, 4.69) is 4.98 Å². The molecule has 1 aromatic carbocycles. The van der Waals surface area contributed by atoms with E-state index in [-0.39, 0.29) is 23.6 Å². The molecule has 9 heteroatoms. The predicted molar refractivity (Wildman–Crippen MR) is 92.5 cm³/mol. The molecular weight excluding hydrogens is 378 g/mol. The van der Waals surface area contributed by atoms with Crippen molar-refractivity contribution < 1.29 is 27.1 Å². The molecule has 1 fully saturated rings. The van der Waals surface area contributed by atoms with Crippen LogP contribution in [0.4, 0.5) is 23.2 Å². The summed E-state index contributed by atoms with van der Waals surface area (Å²) in [6, 6.07) is 4.15. The topological polar surface area (TPSA) is 46.8 Å². The Labute approximate surface area is 157 Å². The number of hydrogen-bond donors (Lipinski definition) is 0. The molecule has 3 heterocycles. The van der Waals surface area contributed by atoms with Crippen molar-refractivity contribution in [1.29, 1.82) is 0 Å². The number of anilines is 1. The van der Waals surface area contributed by atoms with Crippen molar-refractivity contribution in [3.63, 3.8) is 0 Å². The monoisotopic (exact) mass is 393 g/mol. The van der Waals surface area contributed by atoms with Crippen LogP contribution in [0.5, 0.6) is 5.75 Å². The van der Waals surface area contributed by atoms with Gasteiger partial charge in [0.25, 0.3) is 5.92 Å². The summed E-state index contributed by atoms with van der Waals surface area (Å²) in [6.45, 7) is -0.355. The molecule has 0 saturated carbocycles. The Morgan fingerprint density at radius 3 is 2.57 bits per heavy atom. The first-order valence-corrected chi connectivity index (χ1v) is 8.47. The first-order chi connectivity index (χ1) is 13.2. The largest absolute Gasteiger partial charge is 0.487 e. The summed E-state index contributed by atoms with van der Waals surface area (Å²) in [7, 11) is 0. The zero-order valence-corrected chi connectivity index (χ0v) is 14.7. The standard InChI is InChI=1S/C19H15F4N3O2/c1-19(22,23)10-28-12-7-13(20)18(14(21)8-12)15-9-17(27)26(15)11-2-4-25-5-3-24-16(25)6-11/h2-8,15H,9-10H2,1H3/t15-/m0/s1. The van der Waals surface area contributed by atoms with Gasteiger partial charge < -0.3 is 14.0 Å². The van der Waals surface area contributed by atoms with Gasteiger partial charge in [-0.3, -0.25) is 4.79 Å². The predicted octanol–water partition coefficient (Wildman–Crippen LogP) is 4.12. The maximum absolute atomic E-state index is 14.6. The summed E-state index contributed by atoms with van der Waals surface area (Å²) in [6.07, 6.45) is 4.94. The van der Waals surface area contributed by atoms with Crippen LogP contribution in [0.1, 0.15) is 24.9 Å². The Morgan fingerprint density at radius 1 is 1.21 bits per heavy atom. The second-order valence-corrected chi connectivity index (χ2v) is 6.72. The summed E-state index contributed by atoms with van der Waals surface area (Å²) in [5.41, 5.74) is 0.740. The Kier molecular flexibility index (Phi) is 4.24. The number of carbonyl (C=O) groups excluding carboxylic acids is 1. The fourth-order valence-corrected chi connectivity index (χ4v) is 3.19. The lowest BCUT2D eigenvalue weighted by Gasteiger charge is -2.41. The molecule has 3 aromatic rings. The number of halogens is 4. The highest BCUT2D eigenvalue weighted by molar-refractivity contribution is 6.01. The Morgan fingerprint density at radius 2 is 1.93 bits per heavy atom. The third kappa shape index (κ3) is 3.28. The van der Waals surface area contributed by atoms with Crippen molar-refractivity contribution in [3.8, 4) is 5.75 Å². The highest BCUT2D eigenvalue weighted by Gasteiger charge is 2.41. The van der Waals surface area contributed by atoms with E-state index >= 15 is 0 Å². The van der Waals surface area contributed by atoms with Crippen LogP contribution in [0, 0.1) is 11.6 Å². The Bertz CT molecular complexity index is 1040. The van der Waals surface area contributed by atoms with Gasteiger partial charge in [0.1, 0.15) is 23.0 Å². The summed E-state index contributed by atoms with van der Waals surface area (Å²) in [5.74, 6) is -5.67. The molecule has 2 aromatic heterocycles. The second kappa shape index (κ2) is 6.50. The fraction of sp³-hybridized carbons (Fsp3) is 0.263. The van der Waals surface area contributed by atoms with Gasteiger partial charge in [-0.25, -0.2) is 22.5 Å². The van der Waals surface area contributed by atoms with Crippen LogP contribution in [0.2, 0.25) is 0 Å². The molecule has 146 valence electrons. The lowest BCUT2D eigenvalue weighted by Crippen LogP contribution is -2.47. The number of amides is 1. The van der Waals surface area contributed by atoms with Crippen LogP contribution >= 0.6 is 0 Å². The van der Waals surface area contributed by atoms with Crippen LogP contribution in [-0.2, 0) is 4.79 Å². The number of benzene rings is 1. The van der Waals surface area contributed by atoms with Gasteiger partial charge in [0.15, 0.2) is 6.61 Å². The number of pyridine rings is 1. The van der Waals surface area contributed by atoms with E-state index in [1.54, 1.807) is 35.1 Å². The number of imidazole rings is 1. The van der Waals surface area contributed by atoms with Crippen LogP contribution < -0.4 is 9.64 Å². The van der Waals surface area contributed by atoms with Gasteiger partial charge in [0, 0.05) is 55.0 Å². The molecule has 28 heavy (non-hydrogen) atoms. The number of carbonyl (C=O) groups is 1. The zero-order chi connectivity index (χ0) is 20.1. The minimum Gasteiger partial charge on any atom is -0.487 e. The third-order valence-electron chi connectivity index (χ3n) is 4.49. The quantitative estimate of drug-likeness (QED) is 0.484. The first kappa shape index (κ1) is 18.3. The molecule has 4 rings (SSSR count). The van der Waals surface area contributed by atoms with Crippen molar-refractivity contribution in [1.82, 2.24) is 9.38 Å².